The topological polar surface area (TPSA) is 109 Å². The van der Waals surface area contributed by atoms with Crippen molar-refractivity contribution in [1.82, 2.24) is 16.3 Å². The lowest BCUT2D eigenvalue weighted by molar-refractivity contribution is -0.384. The predicted octanol–water partition coefficient (Wildman–Crippen LogP) is 3.29. The van der Waals surface area contributed by atoms with Crippen LogP contribution in [0.1, 0.15) is 41.6 Å². The monoisotopic (exact) mass is 429 g/mol. The van der Waals surface area contributed by atoms with Crippen molar-refractivity contribution in [1.29, 1.82) is 0 Å². The lowest BCUT2D eigenvalue weighted by atomic mass is 9.93. The summed E-state index contributed by atoms with van der Waals surface area (Å²) in [5, 5.41) is 17.6. The molecule has 32 heavy (non-hydrogen) atoms. The standard InChI is InChI=1S/C24H23N5O3/c1-14(15-7-10-18(11-8-15)29(31)32)25-28-24(30)22-13-21(26-27-22)19-12-9-17-6-5-16-3-2-4-20(19)23(16)17/h2-4,7-12,21-22,26-27H,5-6,13H2,1H3,(H,28,30)/b25-14+. The summed E-state index contributed by atoms with van der Waals surface area (Å²) in [4.78, 5) is 23.0. The van der Waals surface area contributed by atoms with Crippen LogP contribution in [0.4, 0.5) is 5.69 Å². The second-order valence-corrected chi connectivity index (χ2v) is 8.26. The highest BCUT2D eigenvalue weighted by molar-refractivity contribution is 5.99. The number of hydrazone groups is 1. The number of hydrazine groups is 1. The number of nitrogens with zero attached hydrogens (tertiary/aromatic N) is 2. The highest BCUT2D eigenvalue weighted by Crippen LogP contribution is 2.36. The van der Waals surface area contributed by atoms with E-state index in [0.717, 1.165) is 12.8 Å². The number of benzene rings is 3. The fourth-order valence-corrected chi connectivity index (χ4v) is 4.61. The first-order valence-corrected chi connectivity index (χ1v) is 10.6. The number of nitro groups is 1. The van der Waals surface area contributed by atoms with E-state index in [0.29, 0.717) is 17.7 Å². The van der Waals surface area contributed by atoms with Gasteiger partial charge in [-0.1, -0.05) is 30.3 Å². The summed E-state index contributed by atoms with van der Waals surface area (Å²) in [6.45, 7) is 1.75. The molecule has 8 heteroatoms. The molecule has 0 saturated carbocycles. The van der Waals surface area contributed by atoms with Crippen LogP contribution in [-0.2, 0) is 17.6 Å². The molecule has 2 aliphatic rings. The SMILES string of the molecule is C/C(=N\NC(=O)C1CC(c2ccc3c4c(cccc24)CC3)NN1)c1ccc([N+](=O)[O-])cc1. The number of amides is 1. The molecule has 1 heterocycles. The van der Waals surface area contributed by atoms with Crippen LogP contribution < -0.4 is 16.3 Å². The number of hydrogen-bond donors (Lipinski definition) is 3. The summed E-state index contributed by atoms with van der Waals surface area (Å²) >= 11 is 0. The average Bonchev–Trinajstić information content (AvgIpc) is 3.47. The summed E-state index contributed by atoms with van der Waals surface area (Å²) < 4.78 is 0. The van der Waals surface area contributed by atoms with Crippen molar-refractivity contribution in [2.45, 2.75) is 38.3 Å². The van der Waals surface area contributed by atoms with Gasteiger partial charge in [0.05, 0.1) is 10.6 Å². The number of non-ortho nitro benzene ring substituents is 1. The summed E-state index contributed by atoms with van der Waals surface area (Å²) in [5.74, 6) is -0.229. The van der Waals surface area contributed by atoms with Crippen molar-refractivity contribution in [2.24, 2.45) is 5.10 Å². The third-order valence-electron chi connectivity index (χ3n) is 6.34. The van der Waals surface area contributed by atoms with E-state index in [1.165, 1.54) is 39.6 Å². The molecule has 2 unspecified atom stereocenters. The van der Waals surface area contributed by atoms with E-state index in [9.17, 15) is 14.9 Å². The molecule has 0 spiro atoms. The quantitative estimate of drug-likeness (QED) is 0.328. The molecule has 1 aliphatic carbocycles. The van der Waals surface area contributed by atoms with Crippen LogP contribution in [0, 0.1) is 10.1 Å². The van der Waals surface area contributed by atoms with Crippen LogP contribution in [0.2, 0.25) is 0 Å². The molecule has 1 amide bonds. The fourth-order valence-electron chi connectivity index (χ4n) is 4.61. The molecule has 0 aromatic heterocycles. The highest BCUT2D eigenvalue weighted by Gasteiger charge is 2.31. The maximum absolute atomic E-state index is 12.7. The first-order valence-electron chi connectivity index (χ1n) is 10.6. The van der Waals surface area contributed by atoms with Crippen molar-refractivity contribution in [2.75, 3.05) is 0 Å². The molecular weight excluding hydrogens is 406 g/mol. The number of carbonyl (C=O) groups excluding carboxylic acids is 1. The van der Waals surface area contributed by atoms with Crippen molar-refractivity contribution >= 4 is 28.1 Å². The van der Waals surface area contributed by atoms with Crippen molar-refractivity contribution in [3.05, 3.63) is 87.0 Å². The minimum Gasteiger partial charge on any atom is -0.271 e. The second kappa shape index (κ2) is 8.14. The Morgan fingerprint density at radius 1 is 1.06 bits per heavy atom. The van der Waals surface area contributed by atoms with E-state index in [-0.39, 0.29) is 17.6 Å². The van der Waals surface area contributed by atoms with Gasteiger partial charge < -0.3 is 0 Å². The molecule has 1 saturated heterocycles. The van der Waals surface area contributed by atoms with Crippen LogP contribution in [0.25, 0.3) is 10.8 Å². The molecule has 3 aromatic carbocycles. The zero-order valence-electron chi connectivity index (χ0n) is 17.6. The second-order valence-electron chi connectivity index (χ2n) is 8.26. The van der Waals surface area contributed by atoms with Crippen LogP contribution in [0.15, 0.2) is 59.7 Å². The Balaban J connectivity index is 1.27. The minimum absolute atomic E-state index is 0.0147. The van der Waals surface area contributed by atoms with Crippen LogP contribution in [0.5, 0.6) is 0 Å². The summed E-state index contributed by atoms with van der Waals surface area (Å²) in [7, 11) is 0. The van der Waals surface area contributed by atoms with Crippen molar-refractivity contribution < 1.29 is 9.72 Å². The van der Waals surface area contributed by atoms with Gasteiger partial charge in [-0.05, 0) is 71.3 Å². The van der Waals surface area contributed by atoms with Crippen LogP contribution in [0.3, 0.4) is 0 Å². The average molecular weight is 429 g/mol. The van der Waals surface area contributed by atoms with Gasteiger partial charge in [0, 0.05) is 18.2 Å². The minimum atomic E-state index is -0.449. The fraction of sp³-hybridized carbons (Fsp3) is 0.250. The lowest BCUT2D eigenvalue weighted by Crippen LogP contribution is -2.41. The number of carbonyl (C=O) groups is 1. The van der Waals surface area contributed by atoms with E-state index < -0.39 is 11.0 Å². The Kier molecular flexibility index (Phi) is 5.16. The van der Waals surface area contributed by atoms with Gasteiger partial charge in [-0.3, -0.25) is 14.9 Å². The van der Waals surface area contributed by atoms with Gasteiger partial charge >= 0.3 is 0 Å². The summed E-state index contributed by atoms with van der Waals surface area (Å²) in [6, 6.07) is 16.5. The molecule has 3 N–H and O–H groups in total. The Morgan fingerprint density at radius 2 is 1.81 bits per heavy atom. The predicted molar refractivity (Wildman–Crippen MR) is 122 cm³/mol. The molecule has 1 aliphatic heterocycles. The van der Waals surface area contributed by atoms with Gasteiger partial charge in [-0.2, -0.15) is 5.10 Å². The summed E-state index contributed by atoms with van der Waals surface area (Å²) in [6.07, 6.45) is 2.78. The molecule has 0 radical (unpaired) electrons. The zero-order chi connectivity index (χ0) is 22.2. The Bertz CT molecular complexity index is 1240. The number of nitrogens with one attached hydrogen (secondary N) is 3. The summed E-state index contributed by atoms with van der Waals surface area (Å²) in [5.41, 5.74) is 14.3. The molecule has 0 bridgehead atoms. The van der Waals surface area contributed by atoms with E-state index in [2.05, 4.69) is 51.7 Å². The van der Waals surface area contributed by atoms with Gasteiger partial charge in [-0.25, -0.2) is 16.3 Å². The molecule has 8 nitrogen and oxygen atoms in total. The third-order valence-corrected chi connectivity index (χ3v) is 6.34. The van der Waals surface area contributed by atoms with Gasteiger partial charge in [0.2, 0.25) is 0 Å². The normalized spacial score (nSPS) is 20.0. The number of hydrogen-bond acceptors (Lipinski definition) is 6. The first-order chi connectivity index (χ1) is 15.5. The van der Waals surface area contributed by atoms with Gasteiger partial charge in [-0.15, -0.1) is 0 Å². The Hall–Kier alpha value is -3.62. The van der Waals surface area contributed by atoms with E-state index >= 15 is 0 Å². The van der Waals surface area contributed by atoms with Crippen LogP contribution in [-0.4, -0.2) is 22.6 Å². The van der Waals surface area contributed by atoms with E-state index in [1.54, 1.807) is 19.1 Å². The Labute approximate surface area is 184 Å². The van der Waals surface area contributed by atoms with Gasteiger partial charge in [0.25, 0.3) is 11.6 Å². The highest BCUT2D eigenvalue weighted by atomic mass is 16.6. The first kappa shape index (κ1) is 20.3. The number of nitro benzene ring substituents is 1. The molecule has 2 atom stereocenters. The smallest absolute Gasteiger partial charge is 0.269 e. The maximum Gasteiger partial charge on any atom is 0.269 e. The van der Waals surface area contributed by atoms with Crippen molar-refractivity contribution in [3.8, 4) is 0 Å². The van der Waals surface area contributed by atoms with Gasteiger partial charge in [0.15, 0.2) is 0 Å². The zero-order valence-corrected chi connectivity index (χ0v) is 17.6. The van der Waals surface area contributed by atoms with Gasteiger partial charge in [0.1, 0.15) is 6.04 Å². The molecule has 5 rings (SSSR count). The van der Waals surface area contributed by atoms with Crippen molar-refractivity contribution in [3.63, 3.8) is 0 Å². The lowest BCUT2D eigenvalue weighted by Gasteiger charge is -2.14. The largest absolute Gasteiger partial charge is 0.271 e. The third kappa shape index (κ3) is 3.63. The van der Waals surface area contributed by atoms with E-state index in [4.69, 9.17) is 0 Å². The molecular formula is C24H23N5O3. The number of aryl methyl sites for hydroxylation is 2. The Morgan fingerprint density at radius 3 is 2.56 bits per heavy atom. The number of rotatable bonds is 5. The van der Waals surface area contributed by atoms with E-state index in [1.807, 2.05) is 0 Å². The molecule has 1 fully saturated rings. The maximum atomic E-state index is 12.7. The molecule has 3 aromatic rings. The van der Waals surface area contributed by atoms with Crippen LogP contribution >= 0.6 is 0 Å². The molecule has 162 valence electrons.